The maximum atomic E-state index is 13.2. The summed E-state index contributed by atoms with van der Waals surface area (Å²) < 4.78 is 38.0. The van der Waals surface area contributed by atoms with E-state index in [0.717, 1.165) is 5.76 Å². The zero-order chi connectivity index (χ0) is 15.7. The lowest BCUT2D eigenvalue weighted by atomic mass is 9.84. The molecule has 1 saturated carbocycles. The Morgan fingerprint density at radius 3 is 2.73 bits per heavy atom. The molecule has 120 valence electrons. The van der Waals surface area contributed by atoms with E-state index in [1.807, 2.05) is 13.0 Å². The third-order valence-electron chi connectivity index (χ3n) is 4.18. The van der Waals surface area contributed by atoms with Gasteiger partial charge in [-0.2, -0.15) is 0 Å². The summed E-state index contributed by atoms with van der Waals surface area (Å²) in [5.41, 5.74) is 0. The highest BCUT2D eigenvalue weighted by atomic mass is 19.3. The van der Waals surface area contributed by atoms with Gasteiger partial charge in [0, 0.05) is 19.3 Å². The van der Waals surface area contributed by atoms with Crippen LogP contribution in [0.2, 0.25) is 0 Å². The van der Waals surface area contributed by atoms with E-state index in [2.05, 4.69) is 5.16 Å². The van der Waals surface area contributed by atoms with Gasteiger partial charge in [-0.25, -0.2) is 13.6 Å². The van der Waals surface area contributed by atoms with Gasteiger partial charge in [0.2, 0.25) is 5.92 Å². The van der Waals surface area contributed by atoms with E-state index in [1.54, 1.807) is 6.07 Å². The number of aryl methyl sites for hydroxylation is 1. The summed E-state index contributed by atoms with van der Waals surface area (Å²) in [5, 5.41) is 3.80. The summed E-state index contributed by atoms with van der Waals surface area (Å²) in [5.74, 6) is -1.10. The van der Waals surface area contributed by atoms with E-state index in [4.69, 9.17) is 8.94 Å². The first-order valence-electron chi connectivity index (χ1n) is 7.41. The van der Waals surface area contributed by atoms with Crippen molar-refractivity contribution in [1.82, 2.24) is 9.72 Å². The molecule has 0 radical (unpaired) electrons. The zero-order valence-corrected chi connectivity index (χ0v) is 12.3. The van der Waals surface area contributed by atoms with Gasteiger partial charge in [0.1, 0.15) is 11.5 Å². The Morgan fingerprint density at radius 1 is 1.36 bits per heavy atom. The van der Waals surface area contributed by atoms with Crippen molar-refractivity contribution in [2.45, 2.75) is 51.5 Å². The Balaban J connectivity index is 1.71. The standard InChI is InChI=1S/C15H18F2N2O3/c1-10-2-3-12(21-10)9-19-13(18-22-14(19)20)8-11-4-6-15(16,17)7-5-11/h2-3,11H,4-9H2,1H3. The van der Waals surface area contributed by atoms with Crippen LogP contribution in [0.25, 0.3) is 0 Å². The average molecular weight is 312 g/mol. The highest BCUT2D eigenvalue weighted by Gasteiger charge is 2.35. The number of halogens is 2. The molecular weight excluding hydrogens is 294 g/mol. The minimum Gasteiger partial charge on any atom is -0.464 e. The lowest BCUT2D eigenvalue weighted by Gasteiger charge is -2.27. The normalized spacial score (nSPS) is 18.7. The second-order valence-corrected chi connectivity index (χ2v) is 5.97. The van der Waals surface area contributed by atoms with Crippen LogP contribution in [-0.2, 0) is 13.0 Å². The molecule has 7 heteroatoms. The minimum atomic E-state index is -2.55. The van der Waals surface area contributed by atoms with Crippen molar-refractivity contribution in [3.63, 3.8) is 0 Å². The number of rotatable bonds is 4. The molecule has 5 nitrogen and oxygen atoms in total. The van der Waals surface area contributed by atoms with Crippen LogP contribution in [0.15, 0.2) is 25.9 Å². The van der Waals surface area contributed by atoms with Gasteiger partial charge < -0.3 is 4.42 Å². The molecule has 0 spiro atoms. The van der Waals surface area contributed by atoms with Crippen molar-refractivity contribution >= 4 is 0 Å². The van der Waals surface area contributed by atoms with Gasteiger partial charge in [0.05, 0.1) is 6.54 Å². The van der Waals surface area contributed by atoms with Crippen LogP contribution < -0.4 is 5.76 Å². The van der Waals surface area contributed by atoms with E-state index in [-0.39, 0.29) is 25.3 Å². The molecular formula is C15H18F2N2O3. The van der Waals surface area contributed by atoms with Crippen LogP contribution in [0, 0.1) is 12.8 Å². The summed E-state index contributed by atoms with van der Waals surface area (Å²) in [4.78, 5) is 11.8. The van der Waals surface area contributed by atoms with Crippen molar-refractivity contribution in [1.29, 1.82) is 0 Å². The quantitative estimate of drug-likeness (QED) is 0.870. The average Bonchev–Trinajstić information content (AvgIpc) is 3.02. The maximum absolute atomic E-state index is 13.2. The van der Waals surface area contributed by atoms with Crippen LogP contribution in [0.4, 0.5) is 8.78 Å². The number of aromatic nitrogens is 2. The lowest BCUT2D eigenvalue weighted by Crippen LogP contribution is -2.27. The van der Waals surface area contributed by atoms with E-state index in [9.17, 15) is 13.6 Å². The molecule has 1 fully saturated rings. The molecule has 0 amide bonds. The van der Waals surface area contributed by atoms with Gasteiger partial charge in [0.25, 0.3) is 0 Å². The molecule has 1 aliphatic carbocycles. The van der Waals surface area contributed by atoms with E-state index in [0.29, 0.717) is 30.8 Å². The number of alkyl halides is 2. The highest BCUT2D eigenvalue weighted by Crippen LogP contribution is 2.37. The number of hydrogen-bond acceptors (Lipinski definition) is 4. The van der Waals surface area contributed by atoms with Gasteiger partial charge in [-0.3, -0.25) is 9.09 Å². The molecule has 0 N–H and O–H groups in total. The summed E-state index contributed by atoms with van der Waals surface area (Å²) >= 11 is 0. The first-order chi connectivity index (χ1) is 10.4. The van der Waals surface area contributed by atoms with Gasteiger partial charge in [0.15, 0.2) is 5.82 Å². The van der Waals surface area contributed by atoms with Crippen LogP contribution in [0.5, 0.6) is 0 Å². The Hall–Kier alpha value is -1.92. The Kier molecular flexibility index (Phi) is 3.88. The topological polar surface area (TPSA) is 61.2 Å². The van der Waals surface area contributed by atoms with E-state index in [1.165, 1.54) is 4.57 Å². The fourth-order valence-corrected chi connectivity index (χ4v) is 2.89. The van der Waals surface area contributed by atoms with Crippen molar-refractivity contribution < 1.29 is 17.7 Å². The molecule has 3 rings (SSSR count). The summed E-state index contributed by atoms with van der Waals surface area (Å²) in [7, 11) is 0. The third kappa shape index (κ3) is 3.28. The number of nitrogens with zero attached hydrogens (tertiary/aromatic N) is 2. The third-order valence-corrected chi connectivity index (χ3v) is 4.18. The zero-order valence-electron chi connectivity index (χ0n) is 12.3. The van der Waals surface area contributed by atoms with Crippen LogP contribution in [0.3, 0.4) is 0 Å². The second-order valence-electron chi connectivity index (χ2n) is 5.97. The molecule has 22 heavy (non-hydrogen) atoms. The molecule has 2 aromatic rings. The SMILES string of the molecule is Cc1ccc(Cn2c(CC3CCC(F)(F)CC3)noc2=O)o1. The van der Waals surface area contributed by atoms with Crippen molar-refractivity contribution in [3.8, 4) is 0 Å². The number of furan rings is 1. The van der Waals surface area contributed by atoms with Gasteiger partial charge in [-0.05, 0) is 37.8 Å². The van der Waals surface area contributed by atoms with Gasteiger partial charge >= 0.3 is 5.76 Å². The molecule has 2 heterocycles. The summed E-state index contributed by atoms with van der Waals surface area (Å²) in [6.45, 7) is 2.07. The molecule has 0 atom stereocenters. The molecule has 1 aliphatic rings. The molecule has 0 aliphatic heterocycles. The molecule has 0 saturated heterocycles. The summed E-state index contributed by atoms with van der Waals surface area (Å²) in [6, 6.07) is 3.61. The molecule has 0 bridgehead atoms. The fourth-order valence-electron chi connectivity index (χ4n) is 2.89. The first-order valence-corrected chi connectivity index (χ1v) is 7.41. The maximum Gasteiger partial charge on any atom is 0.442 e. The fraction of sp³-hybridized carbons (Fsp3) is 0.600. The Labute approximate surface area is 125 Å². The smallest absolute Gasteiger partial charge is 0.442 e. The van der Waals surface area contributed by atoms with Crippen molar-refractivity contribution in [2.24, 2.45) is 5.92 Å². The van der Waals surface area contributed by atoms with Gasteiger partial charge in [-0.15, -0.1) is 0 Å². The lowest BCUT2D eigenvalue weighted by molar-refractivity contribution is -0.0459. The monoisotopic (exact) mass is 312 g/mol. The van der Waals surface area contributed by atoms with Crippen molar-refractivity contribution in [2.75, 3.05) is 0 Å². The Morgan fingerprint density at radius 2 is 2.09 bits per heavy atom. The van der Waals surface area contributed by atoms with E-state index >= 15 is 0 Å². The van der Waals surface area contributed by atoms with Crippen LogP contribution >= 0.6 is 0 Å². The Bertz CT molecular complexity index is 692. The predicted molar refractivity (Wildman–Crippen MR) is 73.9 cm³/mol. The second kappa shape index (κ2) is 5.70. The van der Waals surface area contributed by atoms with Gasteiger partial charge in [-0.1, -0.05) is 5.16 Å². The first kappa shape index (κ1) is 15.0. The molecule has 0 unspecified atom stereocenters. The molecule has 2 aromatic heterocycles. The minimum absolute atomic E-state index is 0.100. The van der Waals surface area contributed by atoms with Crippen LogP contribution in [0.1, 0.15) is 43.0 Å². The van der Waals surface area contributed by atoms with E-state index < -0.39 is 11.7 Å². The summed E-state index contributed by atoms with van der Waals surface area (Å²) in [6.07, 6.45) is 1.15. The largest absolute Gasteiger partial charge is 0.464 e. The van der Waals surface area contributed by atoms with Crippen LogP contribution in [-0.4, -0.2) is 15.6 Å². The highest BCUT2D eigenvalue weighted by molar-refractivity contribution is 5.06. The number of hydrogen-bond donors (Lipinski definition) is 0. The van der Waals surface area contributed by atoms with Crippen molar-refractivity contribution in [3.05, 3.63) is 40.0 Å². The predicted octanol–water partition coefficient (Wildman–Crippen LogP) is 3.15. The molecule has 0 aromatic carbocycles.